The molecule has 0 spiro atoms. The molecule has 0 radical (unpaired) electrons. The minimum Gasteiger partial charge on any atom is -0.497 e. The van der Waals surface area contributed by atoms with Crippen LogP contribution >= 0.6 is 0 Å². The second-order valence-electron chi connectivity index (χ2n) is 6.16. The van der Waals surface area contributed by atoms with Gasteiger partial charge in [-0.3, -0.25) is 4.79 Å². The van der Waals surface area contributed by atoms with Crippen molar-refractivity contribution in [1.82, 2.24) is 20.3 Å². The van der Waals surface area contributed by atoms with Crippen molar-refractivity contribution in [2.45, 2.75) is 26.4 Å². The summed E-state index contributed by atoms with van der Waals surface area (Å²) in [6.45, 7) is 3.65. The van der Waals surface area contributed by atoms with Gasteiger partial charge in [-0.2, -0.15) is 4.68 Å². The van der Waals surface area contributed by atoms with Gasteiger partial charge in [0.2, 0.25) is 0 Å². The zero-order valence-corrected chi connectivity index (χ0v) is 15.6. The second-order valence-corrected chi connectivity index (χ2v) is 6.16. The van der Waals surface area contributed by atoms with Crippen LogP contribution in [-0.2, 0) is 6.54 Å². The fourth-order valence-electron chi connectivity index (χ4n) is 2.70. The number of hydrogen-bond donors (Lipinski definition) is 1. The van der Waals surface area contributed by atoms with E-state index in [9.17, 15) is 14.9 Å². The number of methoxy groups -OCH3 is 1. The molecule has 0 aliphatic heterocycles. The van der Waals surface area contributed by atoms with Crippen LogP contribution in [0, 0.1) is 17.0 Å². The summed E-state index contributed by atoms with van der Waals surface area (Å²) in [5.41, 5.74) is 1.53. The number of carbonyl (C=O) groups excluding carboxylic acids is 1. The largest absolute Gasteiger partial charge is 0.497 e. The van der Waals surface area contributed by atoms with Gasteiger partial charge in [-0.25, -0.2) is 0 Å². The van der Waals surface area contributed by atoms with Gasteiger partial charge in [0.1, 0.15) is 11.5 Å². The molecule has 2 aromatic heterocycles. The number of amides is 1. The fraction of sp³-hybridized carbons (Fsp3) is 0.278. The summed E-state index contributed by atoms with van der Waals surface area (Å²) >= 11 is 0. The summed E-state index contributed by atoms with van der Waals surface area (Å²) in [5, 5.41) is 21.4. The monoisotopic (exact) mass is 385 g/mol. The van der Waals surface area contributed by atoms with E-state index in [1.54, 1.807) is 14.0 Å². The molecule has 0 saturated heterocycles. The van der Waals surface area contributed by atoms with Crippen molar-refractivity contribution < 1.29 is 19.0 Å². The molecule has 0 aliphatic carbocycles. The highest BCUT2D eigenvalue weighted by atomic mass is 16.6. The molecule has 146 valence electrons. The summed E-state index contributed by atoms with van der Waals surface area (Å²) in [4.78, 5) is 22.9. The molecular formula is C18H19N5O5. The topological polar surface area (TPSA) is 125 Å². The highest BCUT2D eigenvalue weighted by molar-refractivity contribution is 5.94. The molecule has 0 bridgehead atoms. The molecule has 28 heavy (non-hydrogen) atoms. The molecule has 10 heteroatoms. The molecule has 1 aromatic carbocycles. The van der Waals surface area contributed by atoms with E-state index in [2.05, 4.69) is 15.6 Å². The Morgan fingerprint density at radius 2 is 2.07 bits per heavy atom. The van der Waals surface area contributed by atoms with Crippen LogP contribution in [0.1, 0.15) is 40.3 Å². The Balaban J connectivity index is 1.75. The molecule has 3 aromatic rings. The lowest BCUT2D eigenvalue weighted by molar-refractivity contribution is -0.389. The zero-order valence-electron chi connectivity index (χ0n) is 15.6. The van der Waals surface area contributed by atoms with Crippen LogP contribution in [0.4, 0.5) is 5.82 Å². The van der Waals surface area contributed by atoms with Gasteiger partial charge < -0.3 is 24.7 Å². The third kappa shape index (κ3) is 4.00. The number of aryl methyl sites for hydroxylation is 1. The zero-order chi connectivity index (χ0) is 20.3. The van der Waals surface area contributed by atoms with E-state index in [-0.39, 0.29) is 24.1 Å². The maximum atomic E-state index is 12.7. The number of nitro groups is 1. The number of rotatable bonds is 7. The van der Waals surface area contributed by atoms with Gasteiger partial charge in [0.15, 0.2) is 5.69 Å². The first-order valence-electron chi connectivity index (χ1n) is 8.47. The number of nitrogens with zero attached hydrogens (tertiary/aromatic N) is 4. The Kier molecular flexibility index (Phi) is 5.39. The predicted molar refractivity (Wildman–Crippen MR) is 98.1 cm³/mol. The van der Waals surface area contributed by atoms with Gasteiger partial charge in [0, 0.05) is 0 Å². The number of nitrogens with one attached hydrogen (secondary N) is 1. The van der Waals surface area contributed by atoms with E-state index in [0.29, 0.717) is 11.3 Å². The Labute approximate surface area is 160 Å². The number of benzene rings is 1. The molecule has 0 aliphatic rings. The highest BCUT2D eigenvalue weighted by Crippen LogP contribution is 2.20. The molecule has 1 N–H and O–H groups in total. The average Bonchev–Trinajstić information content (AvgIpc) is 3.29. The lowest BCUT2D eigenvalue weighted by Crippen LogP contribution is -2.28. The maximum absolute atomic E-state index is 12.7. The van der Waals surface area contributed by atoms with Crippen LogP contribution in [0.3, 0.4) is 0 Å². The van der Waals surface area contributed by atoms with E-state index in [1.807, 2.05) is 31.2 Å². The van der Waals surface area contributed by atoms with E-state index in [1.165, 1.54) is 16.9 Å². The number of ether oxygens (including phenoxy) is 1. The number of carbonyl (C=O) groups is 1. The first kappa shape index (κ1) is 19.1. The molecule has 10 nitrogen and oxygen atoms in total. The molecule has 1 amide bonds. The Hall–Kier alpha value is -3.69. The van der Waals surface area contributed by atoms with Crippen LogP contribution in [0.15, 0.2) is 41.1 Å². The smallest absolute Gasteiger partial charge is 0.389 e. The van der Waals surface area contributed by atoms with Crippen LogP contribution in [-0.4, -0.2) is 32.9 Å². The summed E-state index contributed by atoms with van der Waals surface area (Å²) in [5.74, 6) is 0.496. The van der Waals surface area contributed by atoms with Gasteiger partial charge in [-0.1, -0.05) is 17.3 Å². The molecule has 0 fully saturated rings. The van der Waals surface area contributed by atoms with Crippen molar-refractivity contribution >= 4 is 11.7 Å². The average molecular weight is 385 g/mol. The Bertz CT molecular complexity index is 992. The first-order chi connectivity index (χ1) is 13.4. The molecule has 2 heterocycles. The maximum Gasteiger partial charge on any atom is 0.389 e. The summed E-state index contributed by atoms with van der Waals surface area (Å²) in [7, 11) is 1.59. The Morgan fingerprint density at radius 1 is 1.36 bits per heavy atom. The molecular weight excluding hydrogens is 366 g/mol. The SMILES string of the molecule is COc1ccc(C(C)NC(=O)c2noc(C)c2Cn2ccc([N+](=O)[O-])n2)cc1. The minimum atomic E-state index is -0.582. The van der Waals surface area contributed by atoms with Gasteiger partial charge in [0.05, 0.1) is 42.6 Å². The van der Waals surface area contributed by atoms with Gasteiger partial charge in [0.25, 0.3) is 5.91 Å². The van der Waals surface area contributed by atoms with Crippen molar-refractivity contribution in [2.24, 2.45) is 0 Å². The number of aromatic nitrogens is 3. The van der Waals surface area contributed by atoms with Crippen molar-refractivity contribution in [1.29, 1.82) is 0 Å². The van der Waals surface area contributed by atoms with Gasteiger partial charge in [-0.05, 0) is 36.5 Å². The molecule has 0 saturated carbocycles. The molecule has 1 atom stereocenters. The van der Waals surface area contributed by atoms with Crippen molar-refractivity contribution in [3.05, 3.63) is 69.2 Å². The van der Waals surface area contributed by atoms with Gasteiger partial charge in [-0.15, -0.1) is 0 Å². The van der Waals surface area contributed by atoms with E-state index in [0.717, 1.165) is 11.3 Å². The van der Waals surface area contributed by atoms with Crippen LogP contribution in [0.2, 0.25) is 0 Å². The van der Waals surface area contributed by atoms with Crippen molar-refractivity contribution in [3.63, 3.8) is 0 Å². The first-order valence-corrected chi connectivity index (χ1v) is 8.47. The predicted octanol–water partition coefficient (Wildman–Crippen LogP) is 2.64. The van der Waals surface area contributed by atoms with E-state index >= 15 is 0 Å². The summed E-state index contributed by atoms with van der Waals surface area (Å²) in [6.07, 6.45) is 1.46. The van der Waals surface area contributed by atoms with Crippen molar-refractivity contribution in [3.8, 4) is 5.75 Å². The van der Waals surface area contributed by atoms with Crippen LogP contribution < -0.4 is 10.1 Å². The van der Waals surface area contributed by atoms with E-state index in [4.69, 9.17) is 9.26 Å². The standard InChI is InChI=1S/C18H19N5O5/c1-11(13-4-6-14(27-3)7-5-13)19-18(24)17-15(12(2)28-21-17)10-22-9-8-16(20-22)23(25)26/h4-9,11H,10H2,1-3H3,(H,19,24). The lowest BCUT2D eigenvalue weighted by Gasteiger charge is -2.14. The lowest BCUT2D eigenvalue weighted by atomic mass is 10.1. The summed E-state index contributed by atoms with van der Waals surface area (Å²) in [6, 6.07) is 8.37. The molecule has 3 rings (SSSR count). The minimum absolute atomic E-state index is 0.121. The normalized spacial score (nSPS) is 11.8. The molecule has 1 unspecified atom stereocenters. The fourth-order valence-corrected chi connectivity index (χ4v) is 2.70. The quantitative estimate of drug-likeness (QED) is 0.489. The van der Waals surface area contributed by atoms with Crippen molar-refractivity contribution in [2.75, 3.05) is 7.11 Å². The summed E-state index contributed by atoms with van der Waals surface area (Å²) < 4.78 is 11.7. The Morgan fingerprint density at radius 3 is 2.68 bits per heavy atom. The second kappa shape index (κ2) is 7.91. The third-order valence-corrected chi connectivity index (χ3v) is 4.30. The van der Waals surface area contributed by atoms with E-state index < -0.39 is 10.8 Å². The third-order valence-electron chi connectivity index (χ3n) is 4.30. The van der Waals surface area contributed by atoms with Crippen LogP contribution in [0.5, 0.6) is 5.75 Å². The van der Waals surface area contributed by atoms with Crippen LogP contribution in [0.25, 0.3) is 0 Å². The number of hydrogen-bond acceptors (Lipinski definition) is 7. The van der Waals surface area contributed by atoms with Gasteiger partial charge >= 0.3 is 5.82 Å². The highest BCUT2D eigenvalue weighted by Gasteiger charge is 2.23.